The normalized spacial score (nSPS) is 19.8. The maximum Gasteiger partial charge on any atom is 0.435 e. The van der Waals surface area contributed by atoms with Gasteiger partial charge in [0.2, 0.25) is 0 Å². The van der Waals surface area contributed by atoms with Crippen molar-refractivity contribution in [2.75, 3.05) is 12.0 Å². The van der Waals surface area contributed by atoms with Crippen LogP contribution in [-0.4, -0.2) is 34.0 Å². The van der Waals surface area contributed by atoms with Crippen LogP contribution in [0.15, 0.2) is 39.9 Å². The van der Waals surface area contributed by atoms with Gasteiger partial charge in [-0.1, -0.05) is 48.3 Å². The number of carbonyl (C=O) groups excluding carboxylic acids is 1. The van der Waals surface area contributed by atoms with Crippen molar-refractivity contribution >= 4 is 44.5 Å². The van der Waals surface area contributed by atoms with Gasteiger partial charge in [-0.15, -0.1) is 0 Å². The largest absolute Gasteiger partial charge is 0.435 e. The van der Waals surface area contributed by atoms with Crippen molar-refractivity contribution in [3.63, 3.8) is 0 Å². The van der Waals surface area contributed by atoms with Gasteiger partial charge in [0, 0.05) is 29.6 Å². The minimum Gasteiger partial charge on any atom is -0.374 e. The van der Waals surface area contributed by atoms with Gasteiger partial charge in [0.25, 0.3) is 11.5 Å². The minimum atomic E-state index is -4.94. The average molecular weight is 553 g/mol. The molecule has 0 saturated carbocycles. The fraction of sp³-hybridized carbons (Fsp3) is 0.391. The Hall–Kier alpha value is -2.17. The Kier molecular flexibility index (Phi) is 7.60. The molecule has 0 aliphatic carbocycles. The third-order valence-corrected chi connectivity index (χ3v) is 7.73. The second kappa shape index (κ2) is 9.71. The summed E-state index contributed by atoms with van der Waals surface area (Å²) in [4.78, 5) is 17.5. The number of alkyl halides is 3. The number of aryl methyl sites for hydroxylation is 1. The molecule has 3 rings (SSSR count). The molecule has 1 amide bonds. The average Bonchev–Trinajstić information content (AvgIpc) is 3.17. The van der Waals surface area contributed by atoms with Crippen molar-refractivity contribution in [3.05, 3.63) is 68.4 Å². The molecule has 2 aromatic carbocycles. The zero-order chi connectivity index (χ0) is 26.3. The van der Waals surface area contributed by atoms with Crippen LogP contribution in [0.2, 0.25) is 10.0 Å². The number of oxime groups is 1. The molecule has 1 aliphatic rings. The van der Waals surface area contributed by atoms with E-state index in [-0.39, 0.29) is 28.5 Å². The molecule has 35 heavy (non-hydrogen) atoms. The number of hydrogen-bond donors (Lipinski definition) is 0. The first-order valence-corrected chi connectivity index (χ1v) is 13.2. The maximum absolute atomic E-state index is 14.2. The molecule has 0 saturated heterocycles. The highest BCUT2D eigenvalue weighted by molar-refractivity contribution is 7.93. The topological polar surface area (TPSA) is 68.1 Å². The van der Waals surface area contributed by atoms with E-state index in [1.54, 1.807) is 6.92 Å². The molecule has 0 aromatic heterocycles. The van der Waals surface area contributed by atoms with Crippen molar-refractivity contribution < 1.29 is 31.4 Å². The summed E-state index contributed by atoms with van der Waals surface area (Å²) in [7, 11) is -2.73. The third-order valence-electron chi connectivity index (χ3n) is 5.34. The van der Waals surface area contributed by atoms with Crippen LogP contribution in [0.3, 0.4) is 0 Å². The first-order chi connectivity index (χ1) is 16.1. The standard InChI is InChI=1S/C23H22Cl2F4N2O3S/c1-12(2)11-35(4,33)31-21(32)16-6-5-14(7-13(16)3)19-10-22(34-30-19,23(27,28)29)15-8-17(24)20(26)18(25)9-15/h5-9,12H,10-11H2,1-4H3. The Morgan fingerprint density at radius 3 is 2.34 bits per heavy atom. The second-order valence-corrected chi connectivity index (χ2v) is 12.1. The molecular weight excluding hydrogens is 531 g/mol. The van der Waals surface area contributed by atoms with E-state index < -0.39 is 55.3 Å². The van der Waals surface area contributed by atoms with Gasteiger partial charge in [-0.25, -0.2) is 8.60 Å². The lowest BCUT2D eigenvalue weighted by molar-refractivity contribution is -0.275. The third kappa shape index (κ3) is 5.65. The summed E-state index contributed by atoms with van der Waals surface area (Å²) >= 11 is 11.4. The van der Waals surface area contributed by atoms with Crippen LogP contribution in [-0.2, 0) is 20.2 Å². The van der Waals surface area contributed by atoms with Gasteiger partial charge >= 0.3 is 6.18 Å². The molecule has 12 heteroatoms. The van der Waals surface area contributed by atoms with E-state index in [9.17, 15) is 26.6 Å². The lowest BCUT2D eigenvalue weighted by atomic mass is 9.86. The molecule has 0 fully saturated rings. The lowest BCUT2D eigenvalue weighted by Crippen LogP contribution is -2.42. The van der Waals surface area contributed by atoms with Crippen molar-refractivity contribution in [2.24, 2.45) is 15.4 Å². The summed E-state index contributed by atoms with van der Waals surface area (Å²) in [6.45, 7) is 5.31. The van der Waals surface area contributed by atoms with Crippen LogP contribution in [0.25, 0.3) is 0 Å². The summed E-state index contributed by atoms with van der Waals surface area (Å²) < 4.78 is 72.8. The summed E-state index contributed by atoms with van der Waals surface area (Å²) in [5, 5.41) is 2.49. The Bertz CT molecular complexity index is 1310. The second-order valence-electron chi connectivity index (χ2n) is 8.83. The van der Waals surface area contributed by atoms with E-state index in [1.807, 2.05) is 13.8 Å². The van der Waals surface area contributed by atoms with Gasteiger partial charge in [0.1, 0.15) is 0 Å². The molecule has 5 nitrogen and oxygen atoms in total. The fourth-order valence-electron chi connectivity index (χ4n) is 3.81. The number of nitrogens with zero attached hydrogens (tertiary/aromatic N) is 2. The van der Waals surface area contributed by atoms with E-state index in [1.165, 1.54) is 24.5 Å². The van der Waals surface area contributed by atoms with Crippen LogP contribution >= 0.6 is 23.2 Å². The van der Waals surface area contributed by atoms with E-state index in [0.717, 1.165) is 12.1 Å². The summed E-state index contributed by atoms with van der Waals surface area (Å²) in [5.41, 5.74) is -2.60. The van der Waals surface area contributed by atoms with E-state index in [4.69, 9.17) is 28.0 Å². The van der Waals surface area contributed by atoms with Crippen molar-refractivity contribution in [3.8, 4) is 0 Å². The Morgan fingerprint density at radius 2 is 1.83 bits per heavy atom. The lowest BCUT2D eigenvalue weighted by Gasteiger charge is -2.29. The monoisotopic (exact) mass is 552 g/mol. The van der Waals surface area contributed by atoms with Gasteiger partial charge in [-0.3, -0.25) is 4.79 Å². The predicted octanol–water partition coefficient (Wildman–Crippen LogP) is 6.92. The molecule has 2 unspecified atom stereocenters. The van der Waals surface area contributed by atoms with Gasteiger partial charge in [-0.05, 0) is 48.2 Å². The molecule has 2 aromatic rings. The zero-order valence-corrected chi connectivity index (χ0v) is 21.5. The number of amides is 1. The molecule has 0 bridgehead atoms. The van der Waals surface area contributed by atoms with Crippen LogP contribution in [0.5, 0.6) is 0 Å². The first-order valence-electron chi connectivity index (χ1n) is 10.4. The molecule has 190 valence electrons. The highest BCUT2D eigenvalue weighted by Crippen LogP contribution is 2.50. The van der Waals surface area contributed by atoms with E-state index >= 15 is 0 Å². The van der Waals surface area contributed by atoms with Crippen LogP contribution in [0.4, 0.5) is 17.6 Å². The van der Waals surface area contributed by atoms with Crippen molar-refractivity contribution in [2.45, 2.75) is 39.0 Å². The molecule has 0 spiro atoms. The predicted molar refractivity (Wildman–Crippen MR) is 128 cm³/mol. The van der Waals surface area contributed by atoms with Gasteiger partial charge < -0.3 is 4.84 Å². The number of rotatable bonds is 5. The molecular formula is C23H22Cl2F4N2O3S. The Balaban J connectivity index is 1.95. The van der Waals surface area contributed by atoms with Crippen LogP contribution in [0, 0.1) is 18.7 Å². The first kappa shape index (κ1) is 27.4. The van der Waals surface area contributed by atoms with Gasteiger partial charge in [0.15, 0.2) is 5.82 Å². The molecule has 0 N–H and O–H groups in total. The van der Waals surface area contributed by atoms with E-state index in [0.29, 0.717) is 5.56 Å². The molecule has 2 atom stereocenters. The number of hydrogen-bond acceptors (Lipinski definition) is 4. The van der Waals surface area contributed by atoms with Gasteiger partial charge in [-0.2, -0.15) is 17.5 Å². The Labute approximate surface area is 210 Å². The van der Waals surface area contributed by atoms with Crippen LogP contribution in [0.1, 0.15) is 47.3 Å². The Morgan fingerprint density at radius 1 is 1.23 bits per heavy atom. The summed E-state index contributed by atoms with van der Waals surface area (Å²) in [6.07, 6.45) is -4.27. The van der Waals surface area contributed by atoms with E-state index in [2.05, 4.69) is 9.52 Å². The SMILES string of the molecule is Cc1cc(C2=NOC(c3cc(Cl)c(F)c(Cl)c3)(C(F)(F)F)C2)ccc1C(=O)N=S(C)(=O)CC(C)C. The highest BCUT2D eigenvalue weighted by Gasteiger charge is 2.62. The van der Waals surface area contributed by atoms with Crippen molar-refractivity contribution in [1.29, 1.82) is 0 Å². The van der Waals surface area contributed by atoms with Crippen molar-refractivity contribution in [1.82, 2.24) is 0 Å². The minimum absolute atomic E-state index is 0.0444. The molecule has 0 radical (unpaired) electrons. The summed E-state index contributed by atoms with van der Waals surface area (Å²) in [5.74, 6) is -1.39. The number of carbonyl (C=O) groups is 1. The number of halogens is 6. The zero-order valence-electron chi connectivity index (χ0n) is 19.2. The van der Waals surface area contributed by atoms with Gasteiger partial charge in [0.05, 0.1) is 25.5 Å². The maximum atomic E-state index is 14.2. The van der Waals surface area contributed by atoms with Crippen LogP contribution < -0.4 is 0 Å². The smallest absolute Gasteiger partial charge is 0.374 e. The highest BCUT2D eigenvalue weighted by atomic mass is 35.5. The molecule has 1 aliphatic heterocycles. The number of benzene rings is 2. The fourth-order valence-corrected chi connectivity index (χ4v) is 6.06. The molecule has 1 heterocycles. The quantitative estimate of drug-likeness (QED) is 0.298. The summed E-state index contributed by atoms with van der Waals surface area (Å²) in [6, 6.07) is 5.89.